The predicted octanol–water partition coefficient (Wildman–Crippen LogP) is 5.91. The molecular weight excluding hydrogens is 490 g/mol. The van der Waals surface area contributed by atoms with Gasteiger partial charge in [-0.05, 0) is 55.3 Å². The van der Waals surface area contributed by atoms with Gasteiger partial charge in [0.15, 0.2) is 0 Å². The number of rotatable bonds is 11. The van der Waals surface area contributed by atoms with Crippen LogP contribution in [0.4, 0.5) is 11.4 Å². The molecule has 3 aromatic rings. The van der Waals surface area contributed by atoms with Crippen LogP contribution in [-0.2, 0) is 4.79 Å². The second-order valence-electron chi connectivity index (χ2n) is 8.94. The van der Waals surface area contributed by atoms with Gasteiger partial charge < -0.3 is 25.4 Å². The average Bonchev–Trinajstić information content (AvgIpc) is 2.92. The van der Waals surface area contributed by atoms with Crippen LogP contribution in [0.25, 0.3) is 0 Å². The fourth-order valence-corrected chi connectivity index (χ4v) is 4.41. The standard InChI is InChI=1S/C29H32ClN3O4/c30-27-15-14-22(19-26(27)29(35)33-21-8-3-1-4-9-21)31-20-28(34)32-23-10-7-13-25(18-23)37-17-16-36-24-11-5-2-6-12-24/h2,5-7,10-15,18-19,21,31H,1,3-4,8-9,16-17,20H2,(H,32,34)(H,33,35). The van der Waals surface area contributed by atoms with E-state index in [1.807, 2.05) is 42.5 Å². The van der Waals surface area contributed by atoms with Crippen LogP contribution in [0.2, 0.25) is 5.02 Å². The number of hydrogen-bond donors (Lipinski definition) is 3. The van der Waals surface area contributed by atoms with E-state index in [-0.39, 0.29) is 24.4 Å². The van der Waals surface area contributed by atoms with Crippen molar-refractivity contribution in [2.75, 3.05) is 30.4 Å². The molecule has 0 aromatic heterocycles. The van der Waals surface area contributed by atoms with Crippen LogP contribution in [0.3, 0.4) is 0 Å². The molecule has 0 heterocycles. The van der Waals surface area contributed by atoms with Gasteiger partial charge in [-0.2, -0.15) is 0 Å². The third kappa shape index (κ3) is 8.43. The van der Waals surface area contributed by atoms with Gasteiger partial charge in [0.2, 0.25) is 5.91 Å². The van der Waals surface area contributed by atoms with Crippen molar-refractivity contribution in [3.8, 4) is 11.5 Å². The maximum absolute atomic E-state index is 12.7. The van der Waals surface area contributed by atoms with E-state index in [0.29, 0.717) is 40.9 Å². The molecule has 0 saturated heterocycles. The zero-order valence-corrected chi connectivity index (χ0v) is 21.4. The molecule has 4 rings (SSSR count). The van der Waals surface area contributed by atoms with Crippen molar-refractivity contribution >= 4 is 34.8 Å². The topological polar surface area (TPSA) is 88.7 Å². The van der Waals surface area contributed by atoms with Gasteiger partial charge in [-0.15, -0.1) is 0 Å². The van der Waals surface area contributed by atoms with Crippen molar-refractivity contribution in [1.29, 1.82) is 0 Å². The zero-order valence-electron chi connectivity index (χ0n) is 20.7. The molecule has 0 spiro atoms. The van der Waals surface area contributed by atoms with E-state index < -0.39 is 0 Å². The van der Waals surface area contributed by atoms with Crippen molar-refractivity contribution in [1.82, 2.24) is 5.32 Å². The molecule has 2 amide bonds. The summed E-state index contributed by atoms with van der Waals surface area (Å²) < 4.78 is 11.4. The molecule has 0 atom stereocenters. The fraction of sp³-hybridized carbons (Fsp3) is 0.310. The second kappa shape index (κ2) is 13.6. The smallest absolute Gasteiger partial charge is 0.253 e. The van der Waals surface area contributed by atoms with Crippen molar-refractivity contribution in [3.63, 3.8) is 0 Å². The SMILES string of the molecule is O=C(CNc1ccc(Cl)c(C(=O)NC2CCCCC2)c1)Nc1cccc(OCCOc2ccccc2)c1. The van der Waals surface area contributed by atoms with Crippen LogP contribution in [0.15, 0.2) is 72.8 Å². The largest absolute Gasteiger partial charge is 0.490 e. The van der Waals surface area contributed by atoms with Gasteiger partial charge in [-0.1, -0.05) is 55.1 Å². The second-order valence-corrected chi connectivity index (χ2v) is 9.35. The van der Waals surface area contributed by atoms with Gasteiger partial charge in [-0.25, -0.2) is 0 Å². The van der Waals surface area contributed by atoms with Gasteiger partial charge in [0.25, 0.3) is 5.91 Å². The average molecular weight is 522 g/mol. The number of para-hydroxylation sites is 1. The van der Waals surface area contributed by atoms with Crippen LogP contribution < -0.4 is 25.4 Å². The molecule has 1 aliphatic rings. The van der Waals surface area contributed by atoms with E-state index in [9.17, 15) is 9.59 Å². The lowest BCUT2D eigenvalue weighted by atomic mass is 9.95. The molecular formula is C29H32ClN3O4. The first-order valence-electron chi connectivity index (χ1n) is 12.6. The lowest BCUT2D eigenvalue weighted by Crippen LogP contribution is -2.36. The highest BCUT2D eigenvalue weighted by Gasteiger charge is 2.18. The van der Waals surface area contributed by atoms with Gasteiger partial charge in [0.05, 0.1) is 17.1 Å². The van der Waals surface area contributed by atoms with E-state index in [4.69, 9.17) is 21.1 Å². The van der Waals surface area contributed by atoms with Crippen molar-refractivity contribution in [2.24, 2.45) is 0 Å². The minimum atomic E-state index is -0.229. The molecule has 0 unspecified atom stereocenters. The molecule has 0 radical (unpaired) electrons. The molecule has 7 nitrogen and oxygen atoms in total. The Morgan fingerprint density at radius 1 is 0.811 bits per heavy atom. The van der Waals surface area contributed by atoms with Crippen LogP contribution in [0.1, 0.15) is 42.5 Å². The minimum Gasteiger partial charge on any atom is -0.490 e. The van der Waals surface area contributed by atoms with Gasteiger partial charge in [-0.3, -0.25) is 9.59 Å². The summed E-state index contributed by atoms with van der Waals surface area (Å²) >= 11 is 6.28. The first-order chi connectivity index (χ1) is 18.1. The number of anilines is 2. The van der Waals surface area contributed by atoms with Crippen LogP contribution in [0.5, 0.6) is 11.5 Å². The molecule has 0 bridgehead atoms. The summed E-state index contributed by atoms with van der Waals surface area (Å²) in [6.07, 6.45) is 5.47. The Hall–Kier alpha value is -3.71. The monoisotopic (exact) mass is 521 g/mol. The van der Waals surface area contributed by atoms with Crippen LogP contribution in [0, 0.1) is 0 Å². The van der Waals surface area contributed by atoms with Crippen molar-refractivity contribution in [3.05, 3.63) is 83.4 Å². The van der Waals surface area contributed by atoms with Crippen LogP contribution in [-0.4, -0.2) is 37.6 Å². The zero-order chi connectivity index (χ0) is 25.9. The van der Waals surface area contributed by atoms with E-state index in [0.717, 1.165) is 31.4 Å². The highest BCUT2D eigenvalue weighted by Crippen LogP contribution is 2.23. The molecule has 1 saturated carbocycles. The number of carbonyl (C=O) groups is 2. The normalized spacial score (nSPS) is 13.4. The quantitative estimate of drug-likeness (QED) is 0.273. The molecule has 3 N–H and O–H groups in total. The summed E-state index contributed by atoms with van der Waals surface area (Å²) in [6.45, 7) is 0.814. The number of hydrogen-bond acceptors (Lipinski definition) is 5. The summed E-state index contributed by atoms with van der Waals surface area (Å²) in [6, 6.07) is 22.0. The molecule has 194 valence electrons. The Kier molecular flexibility index (Phi) is 9.66. The number of carbonyl (C=O) groups excluding carboxylic acids is 2. The fourth-order valence-electron chi connectivity index (χ4n) is 4.21. The summed E-state index contributed by atoms with van der Waals surface area (Å²) in [5.41, 5.74) is 1.67. The number of halogens is 1. The van der Waals surface area contributed by atoms with Gasteiger partial charge in [0.1, 0.15) is 24.7 Å². The number of amides is 2. The maximum Gasteiger partial charge on any atom is 0.253 e. The Balaban J connectivity index is 1.23. The van der Waals surface area contributed by atoms with E-state index >= 15 is 0 Å². The molecule has 8 heteroatoms. The molecule has 37 heavy (non-hydrogen) atoms. The van der Waals surface area contributed by atoms with Crippen LogP contribution >= 0.6 is 11.6 Å². The minimum absolute atomic E-state index is 0.0291. The number of nitrogens with one attached hydrogen (secondary N) is 3. The Morgan fingerprint density at radius 2 is 1.54 bits per heavy atom. The van der Waals surface area contributed by atoms with Crippen molar-refractivity contribution in [2.45, 2.75) is 38.1 Å². The van der Waals surface area contributed by atoms with E-state index in [1.165, 1.54) is 6.42 Å². The highest BCUT2D eigenvalue weighted by molar-refractivity contribution is 6.34. The predicted molar refractivity (Wildman–Crippen MR) is 147 cm³/mol. The third-order valence-corrected chi connectivity index (χ3v) is 6.42. The number of ether oxygens (including phenoxy) is 2. The Labute approximate surface area is 222 Å². The molecule has 1 aliphatic carbocycles. The molecule has 3 aromatic carbocycles. The first kappa shape index (κ1) is 26.4. The Bertz CT molecular complexity index is 1180. The summed E-state index contributed by atoms with van der Waals surface area (Å²) in [7, 11) is 0. The first-order valence-corrected chi connectivity index (χ1v) is 13.0. The molecule has 0 aliphatic heterocycles. The lowest BCUT2D eigenvalue weighted by Gasteiger charge is -2.23. The Morgan fingerprint density at radius 3 is 2.32 bits per heavy atom. The lowest BCUT2D eigenvalue weighted by molar-refractivity contribution is -0.114. The summed E-state index contributed by atoms with van der Waals surface area (Å²) in [4.78, 5) is 25.3. The summed E-state index contributed by atoms with van der Waals surface area (Å²) in [5, 5.41) is 9.38. The summed E-state index contributed by atoms with van der Waals surface area (Å²) in [5.74, 6) is 1.01. The number of benzene rings is 3. The van der Waals surface area contributed by atoms with E-state index in [1.54, 1.807) is 30.3 Å². The third-order valence-electron chi connectivity index (χ3n) is 6.09. The van der Waals surface area contributed by atoms with Crippen molar-refractivity contribution < 1.29 is 19.1 Å². The highest BCUT2D eigenvalue weighted by atomic mass is 35.5. The maximum atomic E-state index is 12.7. The van der Waals surface area contributed by atoms with E-state index in [2.05, 4.69) is 16.0 Å². The molecule has 1 fully saturated rings. The van der Waals surface area contributed by atoms with Gasteiger partial charge in [0, 0.05) is 23.5 Å². The van der Waals surface area contributed by atoms with Gasteiger partial charge >= 0.3 is 0 Å².